The zero-order valence-electron chi connectivity index (χ0n) is 14.8. The molecule has 1 aromatic carbocycles. The van der Waals surface area contributed by atoms with Gasteiger partial charge in [-0.05, 0) is 61.9 Å². The Labute approximate surface area is 151 Å². The monoisotopic (exact) mass is 350 g/mol. The summed E-state index contributed by atoms with van der Waals surface area (Å²) in [6.07, 6.45) is 7.32. The maximum Gasteiger partial charge on any atom is 0.339 e. The fraction of sp³-hybridized carbons (Fsp3) is 0.333. The number of pyridine rings is 1. The average Bonchev–Trinajstić information content (AvgIpc) is 2.67. The molecule has 1 aliphatic carbocycles. The number of aromatic hydroxyl groups is 1. The molecule has 0 atom stereocenters. The van der Waals surface area contributed by atoms with Gasteiger partial charge in [-0.25, -0.2) is 4.79 Å². The predicted molar refractivity (Wildman–Crippen MR) is 100 cm³/mol. The Balaban J connectivity index is 1.70. The molecule has 0 fully saturated rings. The number of nitrogens with zero attached hydrogens (tertiary/aromatic N) is 1. The van der Waals surface area contributed by atoms with Crippen LogP contribution in [0.4, 0.5) is 0 Å². The van der Waals surface area contributed by atoms with Crippen molar-refractivity contribution in [3.8, 4) is 5.75 Å². The lowest BCUT2D eigenvalue weighted by atomic mass is 9.89. The Hall–Kier alpha value is -2.66. The first-order valence-electron chi connectivity index (χ1n) is 9.05. The predicted octanol–water partition coefficient (Wildman–Crippen LogP) is 3.37. The van der Waals surface area contributed by atoms with Crippen molar-refractivity contribution in [1.29, 1.82) is 0 Å². The molecule has 0 aliphatic heterocycles. The van der Waals surface area contributed by atoms with Crippen LogP contribution in [0, 0.1) is 6.92 Å². The van der Waals surface area contributed by atoms with Crippen molar-refractivity contribution in [3.05, 3.63) is 68.8 Å². The number of rotatable bonds is 4. The molecule has 0 saturated carbocycles. The standard InChI is InChI=1S/C21H22N2O3/c1-13-19(24)15(12-23-11-14-6-8-22-9-7-14)10-18-16-4-2-3-5-17(16)21(25)26-20(13)18/h6-10,23-24H,2-5,11-12H2,1H3. The summed E-state index contributed by atoms with van der Waals surface area (Å²) < 4.78 is 5.56. The van der Waals surface area contributed by atoms with Crippen LogP contribution in [0.2, 0.25) is 0 Å². The lowest BCUT2D eigenvalue weighted by Gasteiger charge is -2.18. The van der Waals surface area contributed by atoms with Crippen molar-refractivity contribution in [3.63, 3.8) is 0 Å². The molecule has 5 nitrogen and oxygen atoms in total. The first-order chi connectivity index (χ1) is 12.6. The number of nitrogens with one attached hydrogen (secondary N) is 1. The van der Waals surface area contributed by atoms with Crippen LogP contribution in [-0.4, -0.2) is 10.1 Å². The third-order valence-electron chi connectivity index (χ3n) is 5.19. The molecule has 3 aromatic rings. The van der Waals surface area contributed by atoms with Crippen LogP contribution in [-0.2, 0) is 25.9 Å². The minimum absolute atomic E-state index is 0.193. The number of aryl methyl sites for hydroxylation is 2. The average molecular weight is 350 g/mol. The molecule has 0 unspecified atom stereocenters. The Morgan fingerprint density at radius 3 is 2.65 bits per heavy atom. The first-order valence-corrected chi connectivity index (χ1v) is 9.05. The van der Waals surface area contributed by atoms with Gasteiger partial charge in [0.15, 0.2) is 0 Å². The van der Waals surface area contributed by atoms with Gasteiger partial charge in [-0.1, -0.05) is 0 Å². The molecule has 0 spiro atoms. The van der Waals surface area contributed by atoms with Crippen LogP contribution >= 0.6 is 0 Å². The number of benzene rings is 1. The summed E-state index contributed by atoms with van der Waals surface area (Å²) in [5.74, 6) is 0.193. The topological polar surface area (TPSA) is 75.4 Å². The summed E-state index contributed by atoms with van der Waals surface area (Å²) in [5, 5.41) is 14.9. The van der Waals surface area contributed by atoms with Gasteiger partial charge in [0, 0.05) is 47.6 Å². The molecule has 2 N–H and O–H groups in total. The van der Waals surface area contributed by atoms with Crippen molar-refractivity contribution in [2.24, 2.45) is 0 Å². The number of phenolic OH excluding ortho intramolecular Hbond substituents is 1. The Morgan fingerprint density at radius 2 is 1.88 bits per heavy atom. The van der Waals surface area contributed by atoms with Crippen molar-refractivity contribution >= 4 is 11.0 Å². The maximum absolute atomic E-state index is 12.3. The number of fused-ring (bicyclic) bond motifs is 3. The normalized spacial score (nSPS) is 13.7. The van der Waals surface area contributed by atoms with E-state index in [1.54, 1.807) is 12.4 Å². The molecular weight excluding hydrogens is 328 g/mol. The van der Waals surface area contributed by atoms with Gasteiger partial charge in [-0.3, -0.25) is 4.98 Å². The lowest BCUT2D eigenvalue weighted by Crippen LogP contribution is -2.17. The molecule has 2 heterocycles. The molecule has 26 heavy (non-hydrogen) atoms. The van der Waals surface area contributed by atoms with Crippen LogP contribution < -0.4 is 10.9 Å². The third-order valence-corrected chi connectivity index (χ3v) is 5.19. The summed E-state index contributed by atoms with van der Waals surface area (Å²) in [7, 11) is 0. The van der Waals surface area contributed by atoms with Crippen LogP contribution in [0.25, 0.3) is 11.0 Å². The minimum atomic E-state index is -0.252. The quantitative estimate of drug-likeness (QED) is 0.706. The number of hydrogen-bond acceptors (Lipinski definition) is 5. The molecule has 0 saturated heterocycles. The van der Waals surface area contributed by atoms with Gasteiger partial charge in [0.25, 0.3) is 0 Å². The molecule has 0 bridgehead atoms. The highest BCUT2D eigenvalue weighted by Gasteiger charge is 2.21. The Bertz CT molecular complexity index is 1010. The van der Waals surface area contributed by atoms with E-state index >= 15 is 0 Å². The molecule has 1 aliphatic rings. The molecule has 0 radical (unpaired) electrons. The van der Waals surface area contributed by atoms with E-state index in [9.17, 15) is 9.90 Å². The summed E-state index contributed by atoms with van der Waals surface area (Å²) >= 11 is 0. The fourth-order valence-electron chi connectivity index (χ4n) is 3.77. The van der Waals surface area contributed by atoms with E-state index < -0.39 is 0 Å². The second kappa shape index (κ2) is 6.92. The lowest BCUT2D eigenvalue weighted by molar-refractivity contribution is 0.457. The number of phenols is 1. The first kappa shape index (κ1) is 16.8. The Morgan fingerprint density at radius 1 is 1.15 bits per heavy atom. The second-order valence-corrected chi connectivity index (χ2v) is 6.90. The van der Waals surface area contributed by atoms with Gasteiger partial charge in [0.05, 0.1) is 0 Å². The minimum Gasteiger partial charge on any atom is -0.507 e. The van der Waals surface area contributed by atoms with Gasteiger partial charge in [-0.2, -0.15) is 0 Å². The van der Waals surface area contributed by atoms with E-state index in [0.29, 0.717) is 24.2 Å². The molecule has 134 valence electrons. The highest BCUT2D eigenvalue weighted by atomic mass is 16.4. The van der Waals surface area contributed by atoms with Crippen molar-refractivity contribution in [1.82, 2.24) is 10.3 Å². The molecular formula is C21H22N2O3. The SMILES string of the molecule is Cc1c(O)c(CNCc2ccncc2)cc2c3c(c(=O)oc12)CCCC3. The van der Waals surface area contributed by atoms with E-state index in [4.69, 9.17) is 4.42 Å². The third kappa shape index (κ3) is 2.99. The van der Waals surface area contributed by atoms with Gasteiger partial charge >= 0.3 is 5.63 Å². The van der Waals surface area contributed by atoms with Crippen molar-refractivity contribution in [2.75, 3.05) is 0 Å². The van der Waals surface area contributed by atoms with E-state index in [1.165, 1.54) is 0 Å². The summed E-state index contributed by atoms with van der Waals surface area (Å²) in [4.78, 5) is 16.3. The maximum atomic E-state index is 12.3. The van der Waals surface area contributed by atoms with Crippen molar-refractivity contribution < 1.29 is 9.52 Å². The van der Waals surface area contributed by atoms with E-state index in [-0.39, 0.29) is 11.4 Å². The van der Waals surface area contributed by atoms with Gasteiger partial charge in [0.2, 0.25) is 0 Å². The number of aromatic nitrogens is 1. The number of hydrogen-bond donors (Lipinski definition) is 2. The van der Waals surface area contributed by atoms with Gasteiger partial charge in [0.1, 0.15) is 11.3 Å². The molecule has 4 rings (SSSR count). The molecule has 5 heteroatoms. The zero-order chi connectivity index (χ0) is 18.1. The highest BCUT2D eigenvalue weighted by molar-refractivity contribution is 5.87. The Kier molecular flexibility index (Phi) is 4.47. The summed E-state index contributed by atoms with van der Waals surface area (Å²) in [6.45, 7) is 3.04. The van der Waals surface area contributed by atoms with Crippen LogP contribution in [0.5, 0.6) is 5.75 Å². The van der Waals surface area contributed by atoms with E-state index in [0.717, 1.165) is 53.3 Å². The largest absolute Gasteiger partial charge is 0.507 e. The highest BCUT2D eigenvalue weighted by Crippen LogP contribution is 2.34. The van der Waals surface area contributed by atoms with Gasteiger partial charge < -0.3 is 14.8 Å². The fourth-order valence-corrected chi connectivity index (χ4v) is 3.77. The van der Waals surface area contributed by atoms with Crippen LogP contribution in [0.1, 0.15) is 40.7 Å². The van der Waals surface area contributed by atoms with Crippen LogP contribution in [0.3, 0.4) is 0 Å². The molecule has 2 aromatic heterocycles. The molecule has 0 amide bonds. The van der Waals surface area contributed by atoms with Gasteiger partial charge in [-0.15, -0.1) is 0 Å². The van der Waals surface area contributed by atoms with E-state index in [1.807, 2.05) is 25.1 Å². The van der Waals surface area contributed by atoms with Crippen LogP contribution in [0.15, 0.2) is 39.8 Å². The second-order valence-electron chi connectivity index (χ2n) is 6.90. The summed E-state index contributed by atoms with van der Waals surface area (Å²) in [6, 6.07) is 5.90. The smallest absolute Gasteiger partial charge is 0.339 e. The summed E-state index contributed by atoms with van der Waals surface area (Å²) in [5.41, 5.74) is 4.77. The van der Waals surface area contributed by atoms with Crippen molar-refractivity contribution in [2.45, 2.75) is 45.7 Å². The zero-order valence-corrected chi connectivity index (χ0v) is 14.8. The van der Waals surface area contributed by atoms with E-state index in [2.05, 4.69) is 10.3 Å².